The first-order chi connectivity index (χ1) is 12.7. The number of aryl methyl sites for hydroxylation is 1. The van der Waals surface area contributed by atoms with Gasteiger partial charge in [0.25, 0.3) is 0 Å². The Morgan fingerprint density at radius 3 is 2.67 bits per heavy atom. The predicted molar refractivity (Wildman–Crippen MR) is 125 cm³/mol. The molecule has 1 heterocycles. The topological polar surface area (TPSA) is 48.9 Å². The van der Waals surface area contributed by atoms with E-state index in [1.165, 1.54) is 5.56 Å². The molecule has 27 heavy (non-hydrogen) atoms. The summed E-state index contributed by atoms with van der Waals surface area (Å²) in [6.45, 7) is 15.4. The van der Waals surface area contributed by atoms with E-state index >= 15 is 0 Å². The Kier molecular flexibility index (Phi) is 11.4. The van der Waals surface area contributed by atoms with Crippen molar-refractivity contribution in [3.63, 3.8) is 0 Å². The zero-order valence-corrected chi connectivity index (χ0v) is 19.3. The van der Waals surface area contributed by atoms with Gasteiger partial charge in [-0.2, -0.15) is 0 Å². The highest BCUT2D eigenvalue weighted by Crippen LogP contribution is 2.19. The second-order valence-corrected chi connectivity index (χ2v) is 6.74. The molecule has 0 spiro atoms. The summed E-state index contributed by atoms with van der Waals surface area (Å²) >= 11 is 0. The molecule has 0 radical (unpaired) electrons. The largest absolute Gasteiger partial charge is 0.494 e. The molecule has 0 aromatic heterocycles. The number of nitrogens with one attached hydrogen (secondary N) is 2. The Balaban J connectivity index is 0.00000364. The number of benzene rings is 1. The minimum Gasteiger partial charge on any atom is -0.494 e. The van der Waals surface area contributed by atoms with E-state index in [0.29, 0.717) is 19.2 Å². The van der Waals surface area contributed by atoms with Crippen molar-refractivity contribution < 1.29 is 4.74 Å². The molecular weight excluding hydrogens is 451 g/mol. The van der Waals surface area contributed by atoms with E-state index in [2.05, 4.69) is 48.1 Å². The zero-order valence-electron chi connectivity index (χ0n) is 17.0. The van der Waals surface area contributed by atoms with Gasteiger partial charge >= 0.3 is 0 Å². The highest BCUT2D eigenvalue weighted by molar-refractivity contribution is 14.0. The predicted octanol–water partition coefficient (Wildman–Crippen LogP) is 3.72. The maximum absolute atomic E-state index is 5.61. The number of halogens is 1. The van der Waals surface area contributed by atoms with E-state index in [1.807, 2.05) is 19.1 Å². The molecule has 1 fully saturated rings. The van der Waals surface area contributed by atoms with E-state index < -0.39 is 0 Å². The molecule has 0 aliphatic carbocycles. The summed E-state index contributed by atoms with van der Waals surface area (Å²) in [5.74, 6) is 1.86. The third-order valence-corrected chi connectivity index (χ3v) is 4.62. The molecule has 0 amide bonds. The van der Waals surface area contributed by atoms with Gasteiger partial charge in [-0.05, 0) is 50.8 Å². The fourth-order valence-corrected chi connectivity index (χ4v) is 3.25. The first-order valence-corrected chi connectivity index (χ1v) is 9.76. The number of hydrogen-bond donors (Lipinski definition) is 2. The third-order valence-electron chi connectivity index (χ3n) is 4.62. The number of hydrogen-bond acceptors (Lipinski definition) is 3. The first kappa shape index (κ1) is 23.8. The van der Waals surface area contributed by atoms with E-state index in [4.69, 9.17) is 9.73 Å². The minimum absolute atomic E-state index is 0. The summed E-state index contributed by atoms with van der Waals surface area (Å²) in [6, 6.07) is 6.78. The molecule has 2 rings (SSSR count). The van der Waals surface area contributed by atoms with E-state index in [9.17, 15) is 0 Å². The second-order valence-electron chi connectivity index (χ2n) is 6.74. The van der Waals surface area contributed by atoms with Crippen LogP contribution in [0.1, 0.15) is 37.8 Å². The highest BCUT2D eigenvalue weighted by atomic mass is 127. The van der Waals surface area contributed by atoms with Crippen molar-refractivity contribution in [1.82, 2.24) is 15.5 Å². The molecule has 1 aromatic carbocycles. The van der Waals surface area contributed by atoms with Gasteiger partial charge in [0.05, 0.1) is 13.2 Å². The van der Waals surface area contributed by atoms with Gasteiger partial charge in [0.1, 0.15) is 5.75 Å². The third kappa shape index (κ3) is 8.09. The van der Waals surface area contributed by atoms with Crippen LogP contribution in [0.3, 0.4) is 0 Å². The quantitative estimate of drug-likeness (QED) is 0.255. The van der Waals surface area contributed by atoms with Gasteiger partial charge < -0.3 is 15.4 Å². The summed E-state index contributed by atoms with van der Waals surface area (Å²) in [7, 11) is 0. The number of guanidine groups is 1. The normalized spacial score (nSPS) is 15.7. The zero-order chi connectivity index (χ0) is 18.8. The van der Waals surface area contributed by atoms with Gasteiger partial charge in [0.2, 0.25) is 0 Å². The fraction of sp³-hybridized carbons (Fsp3) is 0.571. The molecule has 2 N–H and O–H groups in total. The van der Waals surface area contributed by atoms with Gasteiger partial charge in [0, 0.05) is 32.2 Å². The molecule has 5 nitrogen and oxygen atoms in total. The molecule has 6 heteroatoms. The lowest BCUT2D eigenvalue weighted by Crippen LogP contribution is -2.48. The lowest BCUT2D eigenvalue weighted by Gasteiger charge is -2.32. The molecule has 1 aliphatic rings. The number of rotatable bonds is 8. The molecule has 0 saturated carbocycles. The maximum Gasteiger partial charge on any atom is 0.191 e. The Morgan fingerprint density at radius 2 is 2.07 bits per heavy atom. The summed E-state index contributed by atoms with van der Waals surface area (Å²) < 4.78 is 5.61. The van der Waals surface area contributed by atoms with Gasteiger partial charge in [-0.3, -0.25) is 4.90 Å². The maximum atomic E-state index is 5.61. The van der Waals surface area contributed by atoms with Crippen LogP contribution in [0.5, 0.6) is 5.75 Å². The van der Waals surface area contributed by atoms with Crippen LogP contribution in [-0.4, -0.2) is 49.7 Å². The lowest BCUT2D eigenvalue weighted by atomic mass is 10.1. The molecule has 0 atom stereocenters. The van der Waals surface area contributed by atoms with E-state index in [0.717, 1.165) is 56.3 Å². The number of aliphatic imine (C=N–C) groups is 1. The van der Waals surface area contributed by atoms with Crippen molar-refractivity contribution in [2.45, 2.75) is 46.2 Å². The SMILES string of the molecule is C=CCN1CCC(NC(=NCc2ccc(OCC)c(C)c2)NCC)CC1.I. The first-order valence-electron chi connectivity index (χ1n) is 9.76. The number of likely N-dealkylation sites (tertiary alicyclic amines) is 1. The van der Waals surface area contributed by atoms with E-state index in [1.54, 1.807) is 0 Å². The fourth-order valence-electron chi connectivity index (χ4n) is 3.25. The van der Waals surface area contributed by atoms with Crippen LogP contribution in [0.25, 0.3) is 0 Å². The van der Waals surface area contributed by atoms with Crippen molar-refractivity contribution >= 4 is 29.9 Å². The van der Waals surface area contributed by atoms with Crippen LogP contribution >= 0.6 is 24.0 Å². The summed E-state index contributed by atoms with van der Waals surface area (Å²) in [5, 5.41) is 6.97. The Labute approximate surface area is 181 Å². The highest BCUT2D eigenvalue weighted by Gasteiger charge is 2.19. The van der Waals surface area contributed by atoms with Gasteiger partial charge in [0.15, 0.2) is 5.96 Å². The van der Waals surface area contributed by atoms with E-state index in [-0.39, 0.29) is 24.0 Å². The van der Waals surface area contributed by atoms with Crippen LogP contribution in [0.4, 0.5) is 0 Å². The minimum atomic E-state index is 0. The Hall–Kier alpha value is -1.28. The van der Waals surface area contributed by atoms with Gasteiger partial charge in [-0.15, -0.1) is 30.6 Å². The number of piperidine rings is 1. The van der Waals surface area contributed by atoms with Crippen LogP contribution < -0.4 is 15.4 Å². The summed E-state index contributed by atoms with van der Waals surface area (Å²) in [6.07, 6.45) is 4.26. The smallest absolute Gasteiger partial charge is 0.191 e. The average Bonchev–Trinajstić information content (AvgIpc) is 2.64. The number of nitrogens with zero attached hydrogens (tertiary/aromatic N) is 2. The lowest BCUT2D eigenvalue weighted by molar-refractivity contribution is 0.225. The Morgan fingerprint density at radius 1 is 1.33 bits per heavy atom. The summed E-state index contributed by atoms with van der Waals surface area (Å²) in [4.78, 5) is 7.22. The monoisotopic (exact) mass is 486 g/mol. The molecular formula is C21H35IN4O. The van der Waals surface area contributed by atoms with Crippen LogP contribution in [0.2, 0.25) is 0 Å². The second kappa shape index (κ2) is 13.0. The molecule has 1 aliphatic heterocycles. The van der Waals surface area contributed by atoms with Crippen LogP contribution in [-0.2, 0) is 6.54 Å². The van der Waals surface area contributed by atoms with Crippen LogP contribution in [0.15, 0.2) is 35.8 Å². The molecule has 1 aromatic rings. The van der Waals surface area contributed by atoms with Crippen molar-refractivity contribution in [3.05, 3.63) is 42.0 Å². The standard InChI is InChI=1S/C21H34N4O.HI/c1-5-12-25-13-10-19(11-14-25)24-21(22-6-2)23-16-18-8-9-20(26-7-3)17(4)15-18;/h5,8-9,15,19H,1,6-7,10-14,16H2,2-4H3,(H2,22,23,24);1H. The van der Waals surface area contributed by atoms with Gasteiger partial charge in [-0.25, -0.2) is 4.99 Å². The molecule has 0 bridgehead atoms. The van der Waals surface area contributed by atoms with Crippen molar-refractivity contribution in [3.8, 4) is 5.75 Å². The molecule has 0 unspecified atom stereocenters. The van der Waals surface area contributed by atoms with Crippen molar-refractivity contribution in [2.75, 3.05) is 32.8 Å². The van der Waals surface area contributed by atoms with Crippen molar-refractivity contribution in [1.29, 1.82) is 0 Å². The van der Waals surface area contributed by atoms with Crippen molar-refractivity contribution in [2.24, 2.45) is 4.99 Å². The van der Waals surface area contributed by atoms with Gasteiger partial charge in [-0.1, -0.05) is 18.2 Å². The Bertz CT molecular complexity index is 598. The van der Waals surface area contributed by atoms with Crippen LogP contribution in [0, 0.1) is 6.92 Å². The average molecular weight is 486 g/mol. The molecule has 152 valence electrons. The molecule has 1 saturated heterocycles. The number of ether oxygens (including phenoxy) is 1. The summed E-state index contributed by atoms with van der Waals surface area (Å²) in [5.41, 5.74) is 2.36.